The number of ether oxygens (including phenoxy) is 1. The number of hydrogen-bond acceptors (Lipinski definition) is 3. The van der Waals surface area contributed by atoms with Gasteiger partial charge in [0.25, 0.3) is 0 Å². The van der Waals surface area contributed by atoms with Gasteiger partial charge in [0.15, 0.2) is 0 Å². The maximum absolute atomic E-state index is 12.7. The summed E-state index contributed by atoms with van der Waals surface area (Å²) in [5.74, 6) is 3.63. The molecule has 0 heterocycles. The summed E-state index contributed by atoms with van der Waals surface area (Å²) in [5, 5.41) is 0. The van der Waals surface area contributed by atoms with Crippen molar-refractivity contribution in [3.63, 3.8) is 0 Å². The van der Waals surface area contributed by atoms with Gasteiger partial charge in [0, 0.05) is 5.92 Å². The summed E-state index contributed by atoms with van der Waals surface area (Å²) in [5.41, 5.74) is 1.27. The van der Waals surface area contributed by atoms with E-state index in [0.717, 1.165) is 36.5 Å². The Bertz CT molecular complexity index is 849. The van der Waals surface area contributed by atoms with Gasteiger partial charge in [0.1, 0.15) is 12.4 Å². The third-order valence-corrected chi connectivity index (χ3v) is 10.8. The normalized spacial score (nSPS) is 44.0. The van der Waals surface area contributed by atoms with E-state index in [1.807, 2.05) is 30.3 Å². The summed E-state index contributed by atoms with van der Waals surface area (Å²) >= 11 is 0. The van der Waals surface area contributed by atoms with E-state index in [-0.39, 0.29) is 23.4 Å². The fourth-order valence-electron chi connectivity index (χ4n) is 9.20. The zero-order valence-corrected chi connectivity index (χ0v) is 20.1. The van der Waals surface area contributed by atoms with E-state index in [2.05, 4.69) is 20.8 Å². The van der Waals surface area contributed by atoms with Crippen LogP contribution in [-0.4, -0.2) is 18.4 Å². The summed E-state index contributed by atoms with van der Waals surface area (Å²) in [6, 6.07) is 9.45. The highest BCUT2D eigenvalue weighted by Gasteiger charge is 2.61. The molecule has 3 unspecified atom stereocenters. The van der Waals surface area contributed by atoms with Gasteiger partial charge in [0.2, 0.25) is 0 Å². The van der Waals surface area contributed by atoms with Crippen LogP contribution >= 0.6 is 0 Å². The van der Waals surface area contributed by atoms with Crippen LogP contribution in [0, 0.1) is 46.3 Å². The number of hydrogen-bond donors (Lipinski definition) is 0. The Balaban J connectivity index is 1.33. The van der Waals surface area contributed by atoms with E-state index in [4.69, 9.17) is 4.74 Å². The molecule has 4 fully saturated rings. The first-order chi connectivity index (χ1) is 15.4. The number of benzene rings is 1. The van der Waals surface area contributed by atoms with E-state index >= 15 is 0 Å². The molecule has 0 bridgehead atoms. The lowest BCUT2D eigenvalue weighted by molar-refractivity contribution is -0.136. The van der Waals surface area contributed by atoms with Crippen molar-refractivity contribution in [3.05, 3.63) is 35.9 Å². The molecular formula is C29H40O3. The van der Waals surface area contributed by atoms with Crippen LogP contribution in [0.1, 0.15) is 88.9 Å². The van der Waals surface area contributed by atoms with E-state index in [9.17, 15) is 9.59 Å². The molecule has 0 N–H and O–H groups in total. The number of carbonyl (C=O) groups excluding carboxylic acids is 2. The van der Waals surface area contributed by atoms with E-state index in [0.29, 0.717) is 16.9 Å². The van der Waals surface area contributed by atoms with Crippen molar-refractivity contribution in [1.82, 2.24) is 0 Å². The van der Waals surface area contributed by atoms with Crippen LogP contribution in [0.4, 0.5) is 0 Å². The van der Waals surface area contributed by atoms with Gasteiger partial charge in [-0.15, -0.1) is 0 Å². The van der Waals surface area contributed by atoms with E-state index in [1.54, 1.807) is 0 Å². The van der Waals surface area contributed by atoms with Gasteiger partial charge in [-0.2, -0.15) is 0 Å². The summed E-state index contributed by atoms with van der Waals surface area (Å²) in [7, 11) is 0. The molecule has 9 atom stereocenters. The maximum atomic E-state index is 12.7. The molecule has 4 saturated carbocycles. The quantitative estimate of drug-likeness (QED) is 0.389. The number of esters is 1. The molecule has 3 heteroatoms. The summed E-state index contributed by atoms with van der Waals surface area (Å²) < 4.78 is 6.06. The van der Waals surface area contributed by atoms with Crippen LogP contribution in [0.5, 0.6) is 0 Å². The van der Waals surface area contributed by atoms with Crippen LogP contribution in [0.25, 0.3) is 0 Å². The molecule has 4 aliphatic carbocycles. The highest BCUT2D eigenvalue weighted by Crippen LogP contribution is 2.68. The Morgan fingerprint density at radius 2 is 1.69 bits per heavy atom. The molecule has 1 aromatic rings. The van der Waals surface area contributed by atoms with Gasteiger partial charge in [-0.05, 0) is 110 Å². The standard InChI is InChI=1S/C29H40O3/c1-19(18-30)24-13-14-25-23-12-10-21-9-11-22(32-27(31)20-7-5-4-6-8-20)17-29(21,3)26(23)15-16-28(24,25)2/h4-8,18-19,21-26H,9-17H2,1-3H3/t19?,21?,22?,23-,24+,25-,26-,28+,29-/m0/s1. The molecule has 4 aliphatic rings. The lowest BCUT2D eigenvalue weighted by Gasteiger charge is -2.61. The van der Waals surface area contributed by atoms with Crippen molar-refractivity contribution in [3.8, 4) is 0 Å². The molecule has 174 valence electrons. The van der Waals surface area contributed by atoms with Crippen molar-refractivity contribution in [2.75, 3.05) is 0 Å². The van der Waals surface area contributed by atoms with Crippen LogP contribution in [0.3, 0.4) is 0 Å². The van der Waals surface area contributed by atoms with Crippen molar-refractivity contribution in [1.29, 1.82) is 0 Å². The predicted molar refractivity (Wildman–Crippen MR) is 126 cm³/mol. The first kappa shape index (κ1) is 22.2. The Labute approximate surface area is 193 Å². The monoisotopic (exact) mass is 436 g/mol. The first-order valence-electron chi connectivity index (χ1n) is 13.1. The van der Waals surface area contributed by atoms with Crippen molar-refractivity contribution >= 4 is 12.3 Å². The average molecular weight is 437 g/mol. The minimum atomic E-state index is -0.164. The van der Waals surface area contributed by atoms with Crippen molar-refractivity contribution < 1.29 is 14.3 Å². The predicted octanol–water partition coefficient (Wildman–Crippen LogP) is 6.71. The molecule has 32 heavy (non-hydrogen) atoms. The number of rotatable bonds is 4. The van der Waals surface area contributed by atoms with Crippen LogP contribution in [-0.2, 0) is 9.53 Å². The van der Waals surface area contributed by atoms with Gasteiger partial charge >= 0.3 is 5.97 Å². The third kappa shape index (κ3) is 3.46. The van der Waals surface area contributed by atoms with Gasteiger partial charge in [-0.1, -0.05) is 39.0 Å². The third-order valence-electron chi connectivity index (χ3n) is 10.8. The number of carbonyl (C=O) groups is 2. The highest BCUT2D eigenvalue weighted by atomic mass is 16.5. The van der Waals surface area contributed by atoms with Crippen LogP contribution < -0.4 is 0 Å². The minimum Gasteiger partial charge on any atom is -0.459 e. The lowest BCUT2D eigenvalue weighted by atomic mass is 9.44. The Kier molecular flexibility index (Phi) is 5.75. The highest BCUT2D eigenvalue weighted by molar-refractivity contribution is 5.89. The van der Waals surface area contributed by atoms with E-state index < -0.39 is 0 Å². The van der Waals surface area contributed by atoms with Crippen LogP contribution in [0.2, 0.25) is 0 Å². The Hall–Kier alpha value is -1.64. The molecular weight excluding hydrogens is 396 g/mol. The second-order valence-corrected chi connectivity index (χ2v) is 12.1. The zero-order chi connectivity index (χ0) is 22.5. The molecule has 0 amide bonds. The molecule has 0 aliphatic heterocycles. The number of aldehydes is 1. The SMILES string of the molecule is CC(C=O)[C@H]1CC[C@H]2[C@@H]3CCC4CCC(OC(=O)c5ccccc5)C[C@]4(C)[C@H]3CC[C@]12C. The summed E-state index contributed by atoms with van der Waals surface area (Å²) in [4.78, 5) is 24.3. The first-order valence-corrected chi connectivity index (χ1v) is 13.1. The minimum absolute atomic E-state index is 0.0439. The number of fused-ring (bicyclic) bond motifs is 5. The van der Waals surface area contributed by atoms with Crippen molar-refractivity contribution in [2.45, 2.75) is 84.7 Å². The fourth-order valence-corrected chi connectivity index (χ4v) is 9.20. The molecule has 3 nitrogen and oxygen atoms in total. The van der Waals surface area contributed by atoms with Gasteiger partial charge in [-0.3, -0.25) is 0 Å². The van der Waals surface area contributed by atoms with Crippen LogP contribution in [0.15, 0.2) is 30.3 Å². The summed E-state index contributed by atoms with van der Waals surface area (Å²) in [6.07, 6.45) is 12.2. The average Bonchev–Trinajstić information content (AvgIpc) is 3.16. The molecule has 5 rings (SSSR count). The van der Waals surface area contributed by atoms with Gasteiger partial charge in [0.05, 0.1) is 5.56 Å². The largest absolute Gasteiger partial charge is 0.459 e. The Morgan fingerprint density at radius 3 is 2.44 bits per heavy atom. The maximum Gasteiger partial charge on any atom is 0.338 e. The molecule has 0 saturated heterocycles. The topological polar surface area (TPSA) is 43.4 Å². The smallest absolute Gasteiger partial charge is 0.338 e. The fraction of sp³-hybridized carbons (Fsp3) is 0.724. The molecule has 0 spiro atoms. The summed E-state index contributed by atoms with van der Waals surface area (Å²) in [6.45, 7) is 7.17. The lowest BCUT2D eigenvalue weighted by Crippen LogP contribution is -2.54. The zero-order valence-electron chi connectivity index (χ0n) is 20.1. The Morgan fingerprint density at radius 1 is 0.969 bits per heavy atom. The van der Waals surface area contributed by atoms with E-state index in [1.165, 1.54) is 51.2 Å². The molecule has 0 radical (unpaired) electrons. The second-order valence-electron chi connectivity index (χ2n) is 12.1. The van der Waals surface area contributed by atoms with Gasteiger partial charge in [-0.25, -0.2) is 4.79 Å². The second kappa shape index (κ2) is 8.29. The molecule has 0 aromatic heterocycles. The molecule has 1 aromatic carbocycles. The van der Waals surface area contributed by atoms with Crippen molar-refractivity contribution in [2.24, 2.45) is 46.3 Å². The van der Waals surface area contributed by atoms with Gasteiger partial charge < -0.3 is 9.53 Å².